The van der Waals surface area contributed by atoms with Crippen LogP contribution in [0, 0.1) is 3.57 Å². The molecule has 0 bridgehead atoms. The van der Waals surface area contributed by atoms with Gasteiger partial charge in [-0.3, -0.25) is 0 Å². The van der Waals surface area contributed by atoms with E-state index in [-0.39, 0.29) is 0 Å². The average Bonchev–Trinajstić information content (AvgIpc) is 2.58. The van der Waals surface area contributed by atoms with Gasteiger partial charge in [0.1, 0.15) is 5.82 Å². The number of halogens is 1. The van der Waals surface area contributed by atoms with Crippen LogP contribution in [0.2, 0.25) is 0 Å². The number of nitrogens with zero attached hydrogens (tertiary/aromatic N) is 2. The fraction of sp³-hybridized carbons (Fsp3) is 0.500. The Morgan fingerprint density at radius 1 is 1.42 bits per heavy atom. The normalized spacial score (nSPS) is 22.9. The van der Waals surface area contributed by atoms with E-state index in [0.29, 0.717) is 6.04 Å². The molecular weight excluding hydrogens is 265 g/mol. The maximum absolute atomic E-state index is 4.28. The van der Waals surface area contributed by atoms with Gasteiger partial charge < -0.3 is 5.32 Å². The van der Waals surface area contributed by atoms with Crippen molar-refractivity contribution in [1.29, 1.82) is 0 Å². The molecule has 1 aliphatic rings. The molecule has 1 saturated heterocycles. The Bertz CT molecular complexity index is 254. The van der Waals surface area contributed by atoms with Gasteiger partial charge in [-0.25, -0.2) is 9.97 Å². The minimum Gasteiger partial charge on any atom is -0.307 e. The molecule has 1 aliphatic heterocycles. The summed E-state index contributed by atoms with van der Waals surface area (Å²) in [7, 11) is 0. The molecule has 1 atom stereocenters. The molecule has 64 valence electrons. The molecule has 0 spiro atoms. The quantitative estimate of drug-likeness (QED) is 0.789. The zero-order valence-corrected chi connectivity index (χ0v) is 8.78. The molecule has 3 nitrogen and oxygen atoms in total. The zero-order valence-electron chi connectivity index (χ0n) is 6.63. The number of aromatic nitrogens is 2. The minimum absolute atomic E-state index is 0.391. The highest BCUT2D eigenvalue weighted by Gasteiger charge is 2.17. The largest absolute Gasteiger partial charge is 0.307 e. The molecule has 4 heteroatoms. The average molecular weight is 275 g/mol. The van der Waals surface area contributed by atoms with E-state index in [0.717, 1.165) is 15.9 Å². The lowest BCUT2D eigenvalue weighted by Crippen LogP contribution is -2.15. The first-order chi connectivity index (χ1) is 5.86. The van der Waals surface area contributed by atoms with Gasteiger partial charge in [-0.1, -0.05) is 0 Å². The lowest BCUT2D eigenvalue weighted by atomic mass is 10.2. The summed E-state index contributed by atoms with van der Waals surface area (Å²) in [6.45, 7) is 1.10. The predicted molar refractivity (Wildman–Crippen MR) is 54.7 cm³/mol. The molecule has 1 aromatic rings. The second kappa shape index (κ2) is 3.66. The maximum Gasteiger partial charge on any atom is 0.145 e. The van der Waals surface area contributed by atoms with E-state index in [1.165, 1.54) is 12.8 Å². The van der Waals surface area contributed by atoms with Crippen LogP contribution in [-0.2, 0) is 0 Å². The van der Waals surface area contributed by atoms with E-state index in [1.807, 2.05) is 12.4 Å². The van der Waals surface area contributed by atoms with Crippen molar-refractivity contribution in [1.82, 2.24) is 15.3 Å². The topological polar surface area (TPSA) is 37.8 Å². The van der Waals surface area contributed by atoms with Gasteiger partial charge in [0.15, 0.2) is 0 Å². The third-order valence-corrected chi connectivity index (χ3v) is 2.57. The van der Waals surface area contributed by atoms with Crippen LogP contribution in [0.5, 0.6) is 0 Å². The van der Waals surface area contributed by atoms with E-state index < -0.39 is 0 Å². The highest BCUT2D eigenvalue weighted by Crippen LogP contribution is 2.19. The van der Waals surface area contributed by atoms with Crippen molar-refractivity contribution in [3.63, 3.8) is 0 Å². The van der Waals surface area contributed by atoms with Crippen LogP contribution >= 0.6 is 22.6 Å². The van der Waals surface area contributed by atoms with Crippen molar-refractivity contribution < 1.29 is 0 Å². The summed E-state index contributed by atoms with van der Waals surface area (Å²) in [5.41, 5.74) is 0. The molecule has 1 N–H and O–H groups in total. The van der Waals surface area contributed by atoms with Crippen molar-refractivity contribution in [2.45, 2.75) is 18.9 Å². The van der Waals surface area contributed by atoms with Crippen molar-refractivity contribution in [3.8, 4) is 0 Å². The van der Waals surface area contributed by atoms with Gasteiger partial charge >= 0.3 is 0 Å². The molecule has 2 rings (SSSR count). The summed E-state index contributed by atoms with van der Waals surface area (Å²) < 4.78 is 1.09. The summed E-state index contributed by atoms with van der Waals surface area (Å²) in [6, 6.07) is 0.391. The Kier molecular flexibility index (Phi) is 2.55. The fourth-order valence-corrected chi connectivity index (χ4v) is 1.69. The highest BCUT2D eigenvalue weighted by atomic mass is 127. The molecule has 2 heterocycles. The first-order valence-corrected chi connectivity index (χ1v) is 5.15. The standard InChI is InChI=1S/C8H10IN3/c9-6-4-11-8(12-5-6)7-2-1-3-10-7/h4-5,7,10H,1-3H2. The number of nitrogens with one attached hydrogen (secondary N) is 1. The Morgan fingerprint density at radius 3 is 2.75 bits per heavy atom. The van der Waals surface area contributed by atoms with Gasteiger partial charge in [0.2, 0.25) is 0 Å². The molecule has 1 fully saturated rings. The van der Waals surface area contributed by atoms with Gasteiger partial charge in [0.25, 0.3) is 0 Å². The van der Waals surface area contributed by atoms with Gasteiger partial charge in [-0.05, 0) is 42.0 Å². The smallest absolute Gasteiger partial charge is 0.145 e. The van der Waals surface area contributed by atoms with Crippen LogP contribution in [0.1, 0.15) is 24.7 Å². The Labute approximate surface area is 85.1 Å². The Morgan fingerprint density at radius 2 is 2.17 bits per heavy atom. The van der Waals surface area contributed by atoms with Crippen LogP contribution < -0.4 is 5.32 Å². The highest BCUT2D eigenvalue weighted by molar-refractivity contribution is 14.1. The lowest BCUT2D eigenvalue weighted by molar-refractivity contribution is 0.604. The second-order valence-electron chi connectivity index (χ2n) is 2.91. The summed E-state index contributed by atoms with van der Waals surface area (Å²) in [4.78, 5) is 8.56. The summed E-state index contributed by atoms with van der Waals surface area (Å²) in [5.74, 6) is 0.938. The van der Waals surface area contributed by atoms with E-state index in [9.17, 15) is 0 Å². The van der Waals surface area contributed by atoms with Gasteiger partial charge in [0.05, 0.1) is 6.04 Å². The molecule has 1 unspecified atom stereocenters. The second-order valence-corrected chi connectivity index (χ2v) is 4.15. The predicted octanol–water partition coefficient (Wildman–Crippen LogP) is 1.51. The molecular formula is C8H10IN3. The van der Waals surface area contributed by atoms with Crippen LogP contribution in [0.25, 0.3) is 0 Å². The number of hydrogen-bond donors (Lipinski definition) is 1. The summed E-state index contributed by atoms with van der Waals surface area (Å²) >= 11 is 2.21. The summed E-state index contributed by atoms with van der Waals surface area (Å²) in [6.07, 6.45) is 6.13. The van der Waals surface area contributed by atoms with Gasteiger partial charge in [0, 0.05) is 16.0 Å². The fourth-order valence-electron chi connectivity index (χ4n) is 1.41. The molecule has 0 saturated carbocycles. The first-order valence-electron chi connectivity index (χ1n) is 4.07. The minimum atomic E-state index is 0.391. The van der Waals surface area contributed by atoms with Crippen molar-refractivity contribution in [2.75, 3.05) is 6.54 Å². The lowest BCUT2D eigenvalue weighted by Gasteiger charge is -2.06. The maximum atomic E-state index is 4.28. The Balaban J connectivity index is 2.17. The summed E-state index contributed by atoms with van der Waals surface area (Å²) in [5, 5.41) is 3.36. The molecule has 0 amide bonds. The van der Waals surface area contributed by atoms with E-state index in [2.05, 4.69) is 37.9 Å². The van der Waals surface area contributed by atoms with Gasteiger partial charge in [-0.2, -0.15) is 0 Å². The van der Waals surface area contributed by atoms with Crippen LogP contribution in [0.15, 0.2) is 12.4 Å². The third kappa shape index (κ3) is 1.74. The monoisotopic (exact) mass is 275 g/mol. The molecule has 0 aromatic carbocycles. The van der Waals surface area contributed by atoms with Crippen molar-refractivity contribution in [3.05, 3.63) is 21.8 Å². The molecule has 1 aromatic heterocycles. The van der Waals surface area contributed by atoms with E-state index in [1.54, 1.807) is 0 Å². The third-order valence-electron chi connectivity index (χ3n) is 2.01. The van der Waals surface area contributed by atoms with Crippen LogP contribution in [0.4, 0.5) is 0 Å². The molecule has 12 heavy (non-hydrogen) atoms. The SMILES string of the molecule is Ic1cnc(C2CCCN2)nc1. The number of rotatable bonds is 1. The Hall–Kier alpha value is -0.230. The van der Waals surface area contributed by atoms with Crippen LogP contribution in [-0.4, -0.2) is 16.5 Å². The van der Waals surface area contributed by atoms with Gasteiger partial charge in [-0.15, -0.1) is 0 Å². The van der Waals surface area contributed by atoms with E-state index >= 15 is 0 Å². The number of hydrogen-bond acceptors (Lipinski definition) is 3. The first kappa shape index (κ1) is 8.37. The van der Waals surface area contributed by atoms with Crippen molar-refractivity contribution >= 4 is 22.6 Å². The molecule has 0 radical (unpaired) electrons. The zero-order chi connectivity index (χ0) is 8.39. The van der Waals surface area contributed by atoms with E-state index in [4.69, 9.17) is 0 Å². The molecule has 0 aliphatic carbocycles. The van der Waals surface area contributed by atoms with Crippen LogP contribution in [0.3, 0.4) is 0 Å². The van der Waals surface area contributed by atoms with Crippen molar-refractivity contribution in [2.24, 2.45) is 0 Å².